The molecule has 1 atom stereocenters. The number of carbonyl (C=O) groups is 2. The summed E-state index contributed by atoms with van der Waals surface area (Å²) in [5.41, 5.74) is 0.744. The van der Waals surface area contributed by atoms with Gasteiger partial charge in [0, 0.05) is 17.0 Å². The van der Waals surface area contributed by atoms with Gasteiger partial charge in [-0.3, -0.25) is 0 Å². The van der Waals surface area contributed by atoms with Crippen LogP contribution in [0.15, 0.2) is 27.4 Å². The lowest BCUT2D eigenvalue weighted by molar-refractivity contribution is -0.137. The third-order valence-electron chi connectivity index (χ3n) is 4.61. The highest BCUT2D eigenvalue weighted by Crippen LogP contribution is 2.29. The number of rotatable bonds is 7. The predicted molar refractivity (Wildman–Crippen MR) is 119 cm³/mol. The Labute approximate surface area is 183 Å². The van der Waals surface area contributed by atoms with Crippen molar-refractivity contribution in [1.29, 1.82) is 0 Å². The molecule has 2 aromatic rings. The number of ether oxygens (including phenoxy) is 2. The van der Waals surface area contributed by atoms with E-state index in [0.29, 0.717) is 17.6 Å². The van der Waals surface area contributed by atoms with Crippen LogP contribution in [0.4, 0.5) is 4.79 Å². The summed E-state index contributed by atoms with van der Waals surface area (Å²) in [4.78, 5) is 37.1. The first-order chi connectivity index (χ1) is 14.4. The van der Waals surface area contributed by atoms with Gasteiger partial charge in [0.25, 0.3) is 0 Å². The van der Waals surface area contributed by atoms with Crippen LogP contribution >= 0.6 is 0 Å². The molecule has 7 heteroatoms. The summed E-state index contributed by atoms with van der Waals surface area (Å²) in [6.07, 6.45) is 1.35. The van der Waals surface area contributed by atoms with Crippen molar-refractivity contribution in [3.05, 3.63) is 39.7 Å². The first-order valence-electron chi connectivity index (χ1n) is 10.7. The topological polar surface area (TPSA) is 94.8 Å². The second kappa shape index (κ2) is 9.98. The fourth-order valence-corrected chi connectivity index (χ4v) is 3.31. The van der Waals surface area contributed by atoms with E-state index < -0.39 is 29.3 Å². The number of nitrogens with one attached hydrogen (secondary N) is 1. The zero-order valence-electron chi connectivity index (χ0n) is 19.5. The quantitative estimate of drug-likeness (QED) is 0.381. The highest BCUT2D eigenvalue weighted by Gasteiger charge is 2.27. The largest absolute Gasteiger partial charge is 0.444 e. The van der Waals surface area contributed by atoms with Gasteiger partial charge in [0.1, 0.15) is 23.0 Å². The number of hydrogen-bond donors (Lipinski definition) is 1. The average Bonchev–Trinajstić information content (AvgIpc) is 2.62. The third kappa shape index (κ3) is 6.84. The standard InChI is InChI=1S/C24H33NO6/c1-8-9-16-13-20(26)30-21-15(4)19(11-10-17(16)21)29-22(27)18(12-14(2)3)25-23(28)31-24(5,6)7/h10-11,13-14,18H,8-9,12H2,1-7H3,(H,25,28). The molecular weight excluding hydrogens is 398 g/mol. The van der Waals surface area contributed by atoms with Gasteiger partial charge < -0.3 is 19.2 Å². The van der Waals surface area contributed by atoms with E-state index in [4.69, 9.17) is 13.9 Å². The van der Waals surface area contributed by atoms with Crippen molar-refractivity contribution in [3.63, 3.8) is 0 Å². The number of esters is 1. The first kappa shape index (κ1) is 24.4. The Morgan fingerprint density at radius 3 is 2.45 bits per heavy atom. The minimum atomic E-state index is -0.872. The Balaban J connectivity index is 2.31. The molecule has 170 valence electrons. The highest BCUT2D eigenvalue weighted by atomic mass is 16.6. The maximum absolute atomic E-state index is 12.9. The molecule has 31 heavy (non-hydrogen) atoms. The van der Waals surface area contributed by atoms with Crippen molar-refractivity contribution < 1.29 is 23.5 Å². The molecule has 1 heterocycles. The van der Waals surface area contributed by atoms with Crippen molar-refractivity contribution in [1.82, 2.24) is 5.32 Å². The normalized spacial score (nSPS) is 12.6. The van der Waals surface area contributed by atoms with E-state index in [-0.39, 0.29) is 11.7 Å². The van der Waals surface area contributed by atoms with Crippen molar-refractivity contribution in [2.45, 2.75) is 79.4 Å². The van der Waals surface area contributed by atoms with E-state index in [1.54, 1.807) is 39.8 Å². The van der Waals surface area contributed by atoms with E-state index in [9.17, 15) is 14.4 Å². The fourth-order valence-electron chi connectivity index (χ4n) is 3.31. The zero-order valence-corrected chi connectivity index (χ0v) is 19.5. The summed E-state index contributed by atoms with van der Waals surface area (Å²) in [5, 5.41) is 3.43. The van der Waals surface area contributed by atoms with Crippen LogP contribution in [0, 0.1) is 12.8 Å². The molecule has 1 aromatic heterocycles. The minimum Gasteiger partial charge on any atom is -0.444 e. The summed E-state index contributed by atoms with van der Waals surface area (Å²) in [5.74, 6) is -0.178. The SMILES string of the molecule is CCCc1cc(=O)oc2c(C)c(OC(=O)C(CC(C)C)NC(=O)OC(C)(C)C)ccc12. The van der Waals surface area contributed by atoms with Gasteiger partial charge >= 0.3 is 17.7 Å². The van der Waals surface area contributed by atoms with Crippen LogP contribution in [-0.2, 0) is 16.0 Å². The summed E-state index contributed by atoms with van der Waals surface area (Å²) in [6.45, 7) is 12.9. The van der Waals surface area contributed by atoms with E-state index in [2.05, 4.69) is 5.32 Å². The van der Waals surface area contributed by atoms with Crippen molar-refractivity contribution in [3.8, 4) is 5.75 Å². The number of hydrogen-bond acceptors (Lipinski definition) is 6. The lowest BCUT2D eigenvalue weighted by Crippen LogP contribution is -2.45. The van der Waals surface area contributed by atoms with Crippen LogP contribution in [0.2, 0.25) is 0 Å². The number of aryl methyl sites for hydroxylation is 2. The highest BCUT2D eigenvalue weighted by molar-refractivity contribution is 5.87. The summed E-state index contributed by atoms with van der Waals surface area (Å²) in [7, 11) is 0. The van der Waals surface area contributed by atoms with Crippen LogP contribution in [0.3, 0.4) is 0 Å². The van der Waals surface area contributed by atoms with Gasteiger partial charge in [-0.25, -0.2) is 14.4 Å². The van der Waals surface area contributed by atoms with Gasteiger partial charge in [-0.05, 0) is 64.2 Å². The number of carbonyl (C=O) groups excluding carboxylic acids is 2. The monoisotopic (exact) mass is 431 g/mol. The second-order valence-electron chi connectivity index (χ2n) is 9.16. The van der Waals surface area contributed by atoms with Crippen LogP contribution in [0.1, 0.15) is 65.5 Å². The first-order valence-corrected chi connectivity index (χ1v) is 10.7. The van der Waals surface area contributed by atoms with Crippen LogP contribution in [-0.4, -0.2) is 23.7 Å². The van der Waals surface area contributed by atoms with Crippen molar-refractivity contribution >= 4 is 23.0 Å². The van der Waals surface area contributed by atoms with Crippen LogP contribution < -0.4 is 15.7 Å². The van der Waals surface area contributed by atoms with Crippen molar-refractivity contribution in [2.75, 3.05) is 0 Å². The molecule has 1 unspecified atom stereocenters. The minimum absolute atomic E-state index is 0.139. The van der Waals surface area contributed by atoms with E-state index in [1.807, 2.05) is 20.8 Å². The molecule has 0 spiro atoms. The molecule has 0 saturated carbocycles. The van der Waals surface area contributed by atoms with E-state index >= 15 is 0 Å². The molecule has 0 aliphatic rings. The Bertz CT molecular complexity index is 1000. The number of alkyl carbamates (subject to hydrolysis) is 1. The predicted octanol–water partition coefficient (Wildman–Crippen LogP) is 4.90. The zero-order chi connectivity index (χ0) is 23.3. The van der Waals surface area contributed by atoms with Crippen molar-refractivity contribution in [2.24, 2.45) is 5.92 Å². The molecule has 0 aliphatic heterocycles. The molecule has 0 bridgehead atoms. The van der Waals surface area contributed by atoms with Gasteiger partial charge in [0.05, 0.1) is 0 Å². The Hall–Kier alpha value is -2.83. The number of benzene rings is 1. The molecule has 0 saturated heterocycles. The summed E-state index contributed by atoms with van der Waals surface area (Å²) in [6, 6.07) is 4.11. The third-order valence-corrected chi connectivity index (χ3v) is 4.61. The van der Waals surface area contributed by atoms with E-state index in [1.165, 1.54) is 6.07 Å². The van der Waals surface area contributed by atoms with Gasteiger partial charge in [-0.15, -0.1) is 0 Å². The average molecular weight is 432 g/mol. The molecule has 2 rings (SSSR count). The van der Waals surface area contributed by atoms with E-state index in [0.717, 1.165) is 23.8 Å². The smallest absolute Gasteiger partial charge is 0.408 e. The Kier molecular flexibility index (Phi) is 7.87. The number of fused-ring (bicyclic) bond motifs is 1. The maximum atomic E-state index is 12.9. The number of amides is 1. The lowest BCUT2D eigenvalue weighted by Gasteiger charge is -2.24. The molecule has 7 nitrogen and oxygen atoms in total. The Morgan fingerprint density at radius 2 is 1.87 bits per heavy atom. The Morgan fingerprint density at radius 1 is 1.19 bits per heavy atom. The molecule has 1 N–H and O–H groups in total. The molecule has 0 radical (unpaired) electrons. The van der Waals surface area contributed by atoms with Crippen LogP contribution in [0.25, 0.3) is 11.0 Å². The lowest BCUT2D eigenvalue weighted by atomic mass is 10.0. The molecule has 0 aliphatic carbocycles. The molecule has 1 aromatic carbocycles. The fraction of sp³-hybridized carbons (Fsp3) is 0.542. The van der Waals surface area contributed by atoms with Gasteiger partial charge in [-0.2, -0.15) is 0 Å². The molecule has 0 fully saturated rings. The maximum Gasteiger partial charge on any atom is 0.408 e. The summed E-state index contributed by atoms with van der Waals surface area (Å²) < 4.78 is 16.3. The molecule has 1 amide bonds. The van der Waals surface area contributed by atoms with Crippen LogP contribution in [0.5, 0.6) is 5.75 Å². The second-order valence-corrected chi connectivity index (χ2v) is 9.16. The molecular formula is C24H33NO6. The summed E-state index contributed by atoms with van der Waals surface area (Å²) >= 11 is 0. The van der Waals surface area contributed by atoms with Gasteiger partial charge in [-0.1, -0.05) is 27.2 Å². The van der Waals surface area contributed by atoms with Gasteiger partial charge in [0.2, 0.25) is 0 Å². The van der Waals surface area contributed by atoms with Gasteiger partial charge in [0.15, 0.2) is 0 Å².